The Balaban J connectivity index is 3.90. The smallest absolute Gasteiger partial charge is 0.353 e. The van der Waals surface area contributed by atoms with E-state index in [0.717, 1.165) is 13.0 Å². The molecule has 13 heavy (non-hydrogen) atoms. The van der Waals surface area contributed by atoms with Crippen LogP contribution in [0.1, 0.15) is 13.3 Å². The average molecular weight is 182 g/mol. The Labute approximate surface area is 77.7 Å². The van der Waals surface area contributed by atoms with E-state index >= 15 is 0 Å². The van der Waals surface area contributed by atoms with Crippen LogP contribution in [0.3, 0.4) is 0 Å². The summed E-state index contributed by atoms with van der Waals surface area (Å²) in [5, 5.41) is 11.4. The first-order valence-corrected chi connectivity index (χ1v) is 3.97. The molecular formula is C9H14N2O2. The van der Waals surface area contributed by atoms with Crippen molar-refractivity contribution in [3.05, 3.63) is 24.6 Å². The van der Waals surface area contributed by atoms with Crippen LogP contribution in [0.25, 0.3) is 0 Å². The molecule has 0 heterocycles. The normalized spacial score (nSPS) is 9.92. The predicted octanol–water partition coefficient (Wildman–Crippen LogP) is 1.17. The average Bonchev–Trinajstić information content (AvgIpc) is 2.10. The zero-order valence-corrected chi connectivity index (χ0v) is 7.71. The van der Waals surface area contributed by atoms with Gasteiger partial charge in [-0.2, -0.15) is 0 Å². The molecule has 0 aromatic heterocycles. The first kappa shape index (κ1) is 11.4. The molecule has 0 rings (SSSR count). The van der Waals surface area contributed by atoms with Gasteiger partial charge >= 0.3 is 5.97 Å². The van der Waals surface area contributed by atoms with Crippen LogP contribution < -0.4 is 5.32 Å². The Morgan fingerprint density at radius 3 is 2.69 bits per heavy atom. The monoisotopic (exact) mass is 182 g/mol. The van der Waals surface area contributed by atoms with Crippen LogP contribution in [0.2, 0.25) is 0 Å². The molecule has 0 spiro atoms. The summed E-state index contributed by atoms with van der Waals surface area (Å²) in [5.41, 5.74) is 0.392. The molecule has 72 valence electrons. The number of nitrogens with zero attached hydrogens (tertiary/aromatic N) is 1. The van der Waals surface area contributed by atoms with Crippen molar-refractivity contribution in [1.82, 2.24) is 5.32 Å². The molecule has 0 aliphatic heterocycles. The maximum atomic E-state index is 10.3. The molecule has 4 nitrogen and oxygen atoms in total. The molecule has 0 saturated heterocycles. The fourth-order valence-corrected chi connectivity index (χ4v) is 0.542. The standard InChI is InChI=1S/C9H14N2O2/c1-4-5-10-7(2)6-11-8(3)9(12)13/h6,10H,2-5H2,1H3,(H,12,13). The Bertz CT molecular complexity index is 244. The number of aliphatic imine (C=N–C) groups is 1. The van der Waals surface area contributed by atoms with Crippen molar-refractivity contribution in [1.29, 1.82) is 0 Å². The summed E-state index contributed by atoms with van der Waals surface area (Å²) in [6.07, 6.45) is 2.33. The Morgan fingerprint density at radius 1 is 1.62 bits per heavy atom. The highest BCUT2D eigenvalue weighted by molar-refractivity contribution is 5.89. The van der Waals surface area contributed by atoms with Gasteiger partial charge in [-0.15, -0.1) is 0 Å². The third-order valence-electron chi connectivity index (χ3n) is 1.23. The van der Waals surface area contributed by atoms with Gasteiger partial charge in [-0.05, 0) is 6.42 Å². The fraction of sp³-hybridized carbons (Fsp3) is 0.333. The first-order valence-electron chi connectivity index (χ1n) is 3.97. The quantitative estimate of drug-likeness (QED) is 0.478. The summed E-state index contributed by atoms with van der Waals surface area (Å²) in [6.45, 7) is 9.69. The topological polar surface area (TPSA) is 61.7 Å². The predicted molar refractivity (Wildman–Crippen MR) is 52.7 cm³/mol. The van der Waals surface area contributed by atoms with Crippen LogP contribution >= 0.6 is 0 Å². The minimum atomic E-state index is -1.13. The van der Waals surface area contributed by atoms with Crippen molar-refractivity contribution in [3.8, 4) is 0 Å². The van der Waals surface area contributed by atoms with Crippen molar-refractivity contribution >= 4 is 12.2 Å². The number of allylic oxidation sites excluding steroid dienone is 1. The summed E-state index contributed by atoms with van der Waals surface area (Å²) in [7, 11) is 0. The molecule has 0 saturated carbocycles. The second-order valence-electron chi connectivity index (χ2n) is 2.46. The van der Waals surface area contributed by atoms with E-state index in [1.165, 1.54) is 6.21 Å². The molecule has 2 N–H and O–H groups in total. The number of carboxylic acids is 1. The van der Waals surface area contributed by atoms with Crippen molar-refractivity contribution in [3.63, 3.8) is 0 Å². The number of carbonyl (C=O) groups is 1. The minimum absolute atomic E-state index is 0.195. The van der Waals surface area contributed by atoms with Gasteiger partial charge in [0.05, 0.1) is 6.21 Å². The fourth-order valence-electron chi connectivity index (χ4n) is 0.542. The first-order chi connectivity index (χ1) is 6.07. The van der Waals surface area contributed by atoms with Crippen molar-refractivity contribution < 1.29 is 9.90 Å². The van der Waals surface area contributed by atoms with Gasteiger partial charge in [-0.1, -0.05) is 20.1 Å². The van der Waals surface area contributed by atoms with Gasteiger partial charge in [0.25, 0.3) is 0 Å². The number of rotatable bonds is 6. The molecule has 0 amide bonds. The summed E-state index contributed by atoms with van der Waals surface area (Å²) in [4.78, 5) is 13.9. The lowest BCUT2D eigenvalue weighted by Crippen LogP contribution is -2.14. The van der Waals surface area contributed by atoms with Crippen LogP contribution in [0.15, 0.2) is 29.5 Å². The van der Waals surface area contributed by atoms with Crippen LogP contribution in [0.5, 0.6) is 0 Å². The van der Waals surface area contributed by atoms with Crippen molar-refractivity contribution in [2.24, 2.45) is 4.99 Å². The lowest BCUT2D eigenvalue weighted by molar-refractivity contribution is -0.132. The zero-order chi connectivity index (χ0) is 10.3. The van der Waals surface area contributed by atoms with Crippen LogP contribution in [0, 0.1) is 0 Å². The second kappa shape index (κ2) is 5.99. The van der Waals surface area contributed by atoms with Crippen molar-refractivity contribution in [2.45, 2.75) is 13.3 Å². The third-order valence-corrected chi connectivity index (χ3v) is 1.23. The van der Waals surface area contributed by atoms with Crippen LogP contribution in [0.4, 0.5) is 0 Å². The van der Waals surface area contributed by atoms with Crippen LogP contribution in [-0.2, 0) is 4.79 Å². The van der Waals surface area contributed by atoms with Gasteiger partial charge in [-0.25, -0.2) is 9.79 Å². The molecule has 0 radical (unpaired) electrons. The molecule has 0 aromatic rings. The largest absolute Gasteiger partial charge is 0.477 e. The molecule has 0 aliphatic rings. The number of carboxylic acid groups (broad SMARTS) is 1. The molecule has 0 atom stereocenters. The van der Waals surface area contributed by atoms with Gasteiger partial charge in [-0.3, -0.25) is 0 Å². The molecule has 0 bridgehead atoms. The highest BCUT2D eigenvalue weighted by Crippen LogP contribution is 1.91. The van der Waals surface area contributed by atoms with E-state index in [9.17, 15) is 4.79 Å². The third kappa shape index (κ3) is 5.66. The van der Waals surface area contributed by atoms with Gasteiger partial charge < -0.3 is 10.4 Å². The van der Waals surface area contributed by atoms with Gasteiger partial charge in [0.15, 0.2) is 0 Å². The van der Waals surface area contributed by atoms with E-state index < -0.39 is 5.97 Å². The van der Waals surface area contributed by atoms with Gasteiger partial charge in [0, 0.05) is 12.2 Å². The Kier molecular flexibility index (Phi) is 5.27. The lowest BCUT2D eigenvalue weighted by Gasteiger charge is -2.01. The minimum Gasteiger partial charge on any atom is -0.477 e. The number of hydrogen-bond acceptors (Lipinski definition) is 3. The molecule has 0 fully saturated rings. The maximum absolute atomic E-state index is 10.3. The van der Waals surface area contributed by atoms with E-state index in [4.69, 9.17) is 5.11 Å². The number of nitrogens with one attached hydrogen (secondary N) is 1. The van der Waals surface area contributed by atoms with Crippen LogP contribution in [-0.4, -0.2) is 23.8 Å². The maximum Gasteiger partial charge on any atom is 0.353 e. The van der Waals surface area contributed by atoms with E-state index in [1.807, 2.05) is 6.92 Å². The van der Waals surface area contributed by atoms with E-state index in [2.05, 4.69) is 23.5 Å². The van der Waals surface area contributed by atoms with Crippen molar-refractivity contribution in [2.75, 3.05) is 6.54 Å². The molecule has 0 aromatic carbocycles. The highest BCUT2D eigenvalue weighted by Gasteiger charge is 1.98. The Morgan fingerprint density at radius 2 is 2.23 bits per heavy atom. The molecule has 4 heteroatoms. The van der Waals surface area contributed by atoms with E-state index in [1.54, 1.807) is 0 Å². The van der Waals surface area contributed by atoms with Gasteiger partial charge in [0.2, 0.25) is 0 Å². The second-order valence-corrected chi connectivity index (χ2v) is 2.46. The summed E-state index contributed by atoms with van der Waals surface area (Å²) < 4.78 is 0. The highest BCUT2D eigenvalue weighted by atomic mass is 16.4. The molecule has 0 unspecified atom stereocenters. The molecular weight excluding hydrogens is 168 g/mol. The summed E-state index contributed by atoms with van der Waals surface area (Å²) >= 11 is 0. The number of hydrogen-bond donors (Lipinski definition) is 2. The number of aliphatic carboxylic acids is 1. The van der Waals surface area contributed by atoms with Gasteiger partial charge in [0.1, 0.15) is 5.70 Å². The lowest BCUT2D eigenvalue weighted by atomic mass is 10.4. The zero-order valence-electron chi connectivity index (χ0n) is 7.71. The summed E-state index contributed by atoms with van der Waals surface area (Å²) in [5.74, 6) is -1.13. The SMILES string of the molecule is C=C(C=NC(=C)C(=O)O)NCCC. The summed E-state index contributed by atoms with van der Waals surface area (Å²) in [6, 6.07) is 0. The van der Waals surface area contributed by atoms with E-state index in [0.29, 0.717) is 5.70 Å². The molecule has 0 aliphatic carbocycles. The Hall–Kier alpha value is -1.58. The van der Waals surface area contributed by atoms with E-state index in [-0.39, 0.29) is 5.70 Å².